The Kier molecular flexibility index (Phi) is 4.69. The van der Waals surface area contributed by atoms with Gasteiger partial charge in [0.2, 0.25) is 0 Å². The first-order valence-electron chi connectivity index (χ1n) is 8.75. The lowest BCUT2D eigenvalue weighted by molar-refractivity contribution is 0.624. The summed E-state index contributed by atoms with van der Waals surface area (Å²) in [5, 5.41) is 3.13. The Hall–Kier alpha value is -3.42. The van der Waals surface area contributed by atoms with E-state index in [0.29, 0.717) is 23.1 Å². The smallest absolute Gasteiger partial charge is 0.160 e. The molecule has 27 heavy (non-hydrogen) atoms. The third kappa shape index (κ3) is 3.74. The first kappa shape index (κ1) is 17.0. The highest BCUT2D eigenvalue weighted by atomic mass is 19.1. The van der Waals surface area contributed by atoms with E-state index in [1.54, 1.807) is 18.3 Å². The van der Waals surface area contributed by atoms with Crippen LogP contribution in [0.5, 0.6) is 0 Å². The van der Waals surface area contributed by atoms with Crippen molar-refractivity contribution in [1.29, 1.82) is 0 Å². The van der Waals surface area contributed by atoms with E-state index in [1.807, 2.05) is 18.2 Å². The van der Waals surface area contributed by atoms with Crippen LogP contribution in [-0.2, 0) is 0 Å². The highest BCUT2D eigenvalue weighted by molar-refractivity contribution is 5.77. The summed E-state index contributed by atoms with van der Waals surface area (Å²) < 4.78 is 13.1. The molecule has 138 valence electrons. The number of anilines is 5. The van der Waals surface area contributed by atoms with Gasteiger partial charge in [-0.1, -0.05) is 6.07 Å². The van der Waals surface area contributed by atoms with Crippen molar-refractivity contribution in [3.63, 3.8) is 0 Å². The number of aromatic nitrogens is 3. The predicted molar refractivity (Wildman–Crippen MR) is 105 cm³/mol. The van der Waals surface area contributed by atoms with Crippen molar-refractivity contribution in [1.82, 2.24) is 15.0 Å². The van der Waals surface area contributed by atoms with Crippen LogP contribution in [0.2, 0.25) is 0 Å². The highest BCUT2D eigenvalue weighted by Crippen LogP contribution is 2.29. The number of rotatable bonds is 4. The molecule has 1 saturated heterocycles. The number of benzene rings is 1. The Morgan fingerprint density at radius 1 is 0.889 bits per heavy atom. The predicted octanol–water partition coefficient (Wildman–Crippen LogP) is 2.66. The number of nitrogen functional groups attached to an aromatic ring is 1. The number of hydrogen-bond donors (Lipinski definition) is 2. The molecule has 3 aromatic rings. The fourth-order valence-corrected chi connectivity index (χ4v) is 3.12. The monoisotopic (exact) mass is 365 g/mol. The molecular weight excluding hydrogens is 345 g/mol. The Labute approximate surface area is 156 Å². The van der Waals surface area contributed by atoms with Gasteiger partial charge >= 0.3 is 0 Å². The molecule has 3 N–H and O–H groups in total. The van der Waals surface area contributed by atoms with Crippen molar-refractivity contribution in [2.45, 2.75) is 0 Å². The highest BCUT2D eigenvalue weighted by Gasteiger charge is 2.21. The molecule has 8 heteroatoms. The van der Waals surface area contributed by atoms with Crippen LogP contribution in [0, 0.1) is 5.82 Å². The van der Waals surface area contributed by atoms with Crippen molar-refractivity contribution in [3.8, 4) is 0 Å². The van der Waals surface area contributed by atoms with Gasteiger partial charge < -0.3 is 20.9 Å². The van der Waals surface area contributed by atoms with Crippen LogP contribution >= 0.6 is 0 Å². The second-order valence-corrected chi connectivity index (χ2v) is 6.25. The quantitative estimate of drug-likeness (QED) is 0.735. The topological polar surface area (TPSA) is 83.2 Å². The molecule has 7 nitrogen and oxygen atoms in total. The fraction of sp³-hybridized carbons (Fsp3) is 0.211. The lowest BCUT2D eigenvalue weighted by atomic mass is 10.2. The molecule has 1 aliphatic rings. The average molecular weight is 365 g/mol. The van der Waals surface area contributed by atoms with Crippen LogP contribution in [0.15, 0.2) is 55.0 Å². The van der Waals surface area contributed by atoms with Gasteiger partial charge in [0.05, 0.1) is 0 Å². The zero-order chi connectivity index (χ0) is 18.6. The summed E-state index contributed by atoms with van der Waals surface area (Å²) in [6, 6.07) is 12.2. The summed E-state index contributed by atoms with van der Waals surface area (Å²) in [6.45, 7) is 3.14. The summed E-state index contributed by atoms with van der Waals surface area (Å²) in [5.74, 6) is 1.70. The van der Waals surface area contributed by atoms with Crippen molar-refractivity contribution in [3.05, 3.63) is 60.8 Å². The zero-order valence-corrected chi connectivity index (χ0v) is 14.7. The van der Waals surface area contributed by atoms with Gasteiger partial charge in [0.1, 0.15) is 23.6 Å². The third-order valence-electron chi connectivity index (χ3n) is 4.55. The van der Waals surface area contributed by atoms with Gasteiger partial charge in [0, 0.05) is 38.1 Å². The maximum atomic E-state index is 13.1. The van der Waals surface area contributed by atoms with Gasteiger partial charge in [0.15, 0.2) is 11.6 Å². The van der Waals surface area contributed by atoms with Gasteiger partial charge in [-0.05, 0) is 36.4 Å². The van der Waals surface area contributed by atoms with E-state index in [0.717, 1.165) is 31.9 Å². The molecule has 1 aliphatic heterocycles. The molecule has 4 rings (SSSR count). The molecule has 1 fully saturated rings. The van der Waals surface area contributed by atoms with E-state index < -0.39 is 0 Å². The van der Waals surface area contributed by atoms with E-state index in [9.17, 15) is 4.39 Å². The first-order chi connectivity index (χ1) is 13.2. The van der Waals surface area contributed by atoms with E-state index >= 15 is 0 Å². The summed E-state index contributed by atoms with van der Waals surface area (Å²) in [4.78, 5) is 17.2. The van der Waals surface area contributed by atoms with Crippen LogP contribution in [0.1, 0.15) is 0 Å². The molecule has 2 aromatic heterocycles. The minimum absolute atomic E-state index is 0.223. The fourth-order valence-electron chi connectivity index (χ4n) is 3.12. The maximum absolute atomic E-state index is 13.1. The van der Waals surface area contributed by atoms with E-state index in [2.05, 4.69) is 30.1 Å². The Bertz CT molecular complexity index is 894. The number of nitrogens with zero attached hydrogens (tertiary/aromatic N) is 5. The van der Waals surface area contributed by atoms with Crippen molar-refractivity contribution < 1.29 is 4.39 Å². The lowest BCUT2D eigenvalue weighted by Crippen LogP contribution is -2.47. The van der Waals surface area contributed by atoms with Gasteiger partial charge in [-0.2, -0.15) is 0 Å². The minimum Gasteiger partial charge on any atom is -0.393 e. The summed E-state index contributed by atoms with van der Waals surface area (Å²) >= 11 is 0. The number of piperazine rings is 1. The molecule has 0 amide bonds. The number of halogens is 1. The largest absolute Gasteiger partial charge is 0.393 e. The van der Waals surface area contributed by atoms with Crippen LogP contribution in [0.3, 0.4) is 0 Å². The molecule has 0 spiro atoms. The Morgan fingerprint density at radius 2 is 1.63 bits per heavy atom. The van der Waals surface area contributed by atoms with Crippen molar-refractivity contribution >= 4 is 28.8 Å². The molecule has 3 heterocycles. The molecule has 0 saturated carbocycles. The molecule has 0 radical (unpaired) electrons. The van der Waals surface area contributed by atoms with Gasteiger partial charge in [0.25, 0.3) is 0 Å². The van der Waals surface area contributed by atoms with Crippen LogP contribution in [0.25, 0.3) is 0 Å². The summed E-state index contributed by atoms with van der Waals surface area (Å²) in [7, 11) is 0. The number of pyridine rings is 1. The van der Waals surface area contributed by atoms with Gasteiger partial charge in [-0.25, -0.2) is 19.3 Å². The molecule has 0 bridgehead atoms. The molecule has 0 aliphatic carbocycles. The van der Waals surface area contributed by atoms with Crippen LogP contribution in [0.4, 0.5) is 33.2 Å². The van der Waals surface area contributed by atoms with Crippen LogP contribution in [-0.4, -0.2) is 41.1 Å². The first-order valence-corrected chi connectivity index (χ1v) is 8.75. The van der Waals surface area contributed by atoms with Gasteiger partial charge in [-0.3, -0.25) is 0 Å². The molecule has 0 atom stereocenters. The Balaban J connectivity index is 1.46. The van der Waals surface area contributed by atoms with E-state index in [1.165, 1.54) is 18.5 Å². The summed E-state index contributed by atoms with van der Waals surface area (Å²) in [6.07, 6.45) is 3.21. The number of nitrogens with one attached hydrogen (secondary N) is 1. The van der Waals surface area contributed by atoms with Gasteiger partial charge in [-0.15, -0.1) is 0 Å². The number of hydrogen-bond acceptors (Lipinski definition) is 7. The molecule has 0 unspecified atom stereocenters. The SMILES string of the molecule is Nc1c(Nc2ccccn2)ncnc1N1CCN(c2ccc(F)cc2)CC1. The number of nitrogens with two attached hydrogens (primary N) is 1. The second kappa shape index (κ2) is 7.45. The van der Waals surface area contributed by atoms with E-state index in [-0.39, 0.29) is 5.82 Å². The maximum Gasteiger partial charge on any atom is 0.160 e. The zero-order valence-electron chi connectivity index (χ0n) is 14.7. The third-order valence-corrected chi connectivity index (χ3v) is 4.55. The van der Waals surface area contributed by atoms with E-state index in [4.69, 9.17) is 5.73 Å². The average Bonchev–Trinajstić information content (AvgIpc) is 2.71. The standard InChI is InChI=1S/C19H20FN7/c20-14-4-6-15(7-5-14)26-9-11-27(12-10-26)19-17(21)18(23-13-24-19)25-16-3-1-2-8-22-16/h1-8,13H,9-12,21H2,(H,22,23,24,25). The second-order valence-electron chi connectivity index (χ2n) is 6.25. The van der Waals surface area contributed by atoms with Crippen molar-refractivity contribution in [2.75, 3.05) is 47.0 Å². The summed E-state index contributed by atoms with van der Waals surface area (Å²) in [5.41, 5.74) is 7.83. The Morgan fingerprint density at radius 3 is 2.33 bits per heavy atom. The lowest BCUT2D eigenvalue weighted by Gasteiger charge is -2.37. The molecular formula is C19H20FN7. The minimum atomic E-state index is -0.223. The normalized spacial score (nSPS) is 14.3. The van der Waals surface area contributed by atoms with Crippen LogP contribution < -0.4 is 20.9 Å². The molecule has 1 aromatic carbocycles. The van der Waals surface area contributed by atoms with Crippen molar-refractivity contribution in [2.24, 2.45) is 0 Å².